The fourth-order valence-corrected chi connectivity index (χ4v) is 13.8. The molecule has 18 heteroatoms. The standard InChI is InChI=1S/C63H94N4O14/c1-15-29-75-46(68)23-21-41-53-39(7)55-59(11,27-25-48(70)77-31-17-3)43(35-50(72)79-33-19-5)57(66-55)62(14)60(12,37-51(73)80-34-20-6)42(22-24-47(69)76-30-16-2)54(67-62)40(8)56-61(13)38-52(74)81-63(61,28-26-49(71)78-32-18-4)45(65-56)36-44(64-53)58(41,9)10/h36,41-43,57,65H,15-35,37-38H2,1-14H3/b45-36-,53-39-,56-40?/t41-,42-,43+,57-,59-,60+,61-,62+,63+/m1/s1. The summed E-state index contributed by atoms with van der Waals surface area (Å²) in [6.45, 7) is 28.9. The number of esters is 7. The van der Waals surface area contributed by atoms with Crippen molar-refractivity contribution < 1.29 is 66.7 Å². The second-order valence-electron chi connectivity index (χ2n) is 24.6. The van der Waals surface area contributed by atoms with Crippen LogP contribution < -0.4 is 5.32 Å². The summed E-state index contributed by atoms with van der Waals surface area (Å²) < 4.78 is 41.2. The van der Waals surface area contributed by atoms with Crippen LogP contribution in [0.25, 0.3) is 0 Å². The van der Waals surface area contributed by atoms with Crippen molar-refractivity contribution in [2.75, 3.05) is 39.6 Å². The molecule has 0 spiro atoms. The first-order valence-corrected chi connectivity index (χ1v) is 30.2. The highest BCUT2D eigenvalue weighted by atomic mass is 16.6. The highest BCUT2D eigenvalue weighted by molar-refractivity contribution is 6.10. The molecular weight excluding hydrogens is 1040 g/mol. The van der Waals surface area contributed by atoms with Crippen LogP contribution in [0.3, 0.4) is 0 Å². The molecule has 18 nitrogen and oxygen atoms in total. The number of hydrogen-bond donors (Lipinski definition) is 1. The Labute approximate surface area is 480 Å². The van der Waals surface area contributed by atoms with Gasteiger partial charge in [0.15, 0.2) is 5.60 Å². The minimum absolute atomic E-state index is 0.0131. The largest absolute Gasteiger partial charge is 0.466 e. The zero-order valence-electron chi connectivity index (χ0n) is 51.2. The van der Waals surface area contributed by atoms with E-state index in [1.54, 1.807) is 0 Å². The Morgan fingerprint density at radius 1 is 0.630 bits per heavy atom. The Bertz CT molecular complexity index is 2610. The van der Waals surface area contributed by atoms with Gasteiger partial charge in [0.25, 0.3) is 0 Å². The molecule has 6 heterocycles. The second-order valence-corrected chi connectivity index (χ2v) is 24.6. The maximum atomic E-state index is 14.6. The van der Waals surface area contributed by atoms with Gasteiger partial charge in [-0.1, -0.05) is 69.2 Å². The molecule has 0 amide bonds. The monoisotopic (exact) mass is 1130 g/mol. The molecule has 8 bridgehead atoms. The maximum Gasteiger partial charge on any atom is 0.307 e. The summed E-state index contributed by atoms with van der Waals surface area (Å²) in [7, 11) is 0. The first kappa shape index (κ1) is 64.5. The van der Waals surface area contributed by atoms with Crippen molar-refractivity contribution in [2.45, 2.75) is 223 Å². The predicted octanol–water partition coefficient (Wildman–Crippen LogP) is 10.7. The van der Waals surface area contributed by atoms with Gasteiger partial charge in [-0.05, 0) is 103 Å². The molecule has 1 N–H and O–H groups in total. The van der Waals surface area contributed by atoms with Crippen molar-refractivity contribution in [3.05, 3.63) is 34.3 Å². The van der Waals surface area contributed by atoms with E-state index in [4.69, 9.17) is 48.1 Å². The molecule has 81 heavy (non-hydrogen) atoms. The third-order valence-electron chi connectivity index (χ3n) is 18.5. The molecule has 0 saturated carbocycles. The number of hydrogen-bond acceptors (Lipinski definition) is 18. The molecule has 0 unspecified atom stereocenters. The fraction of sp³-hybridized carbons (Fsp3) is 0.746. The predicted molar refractivity (Wildman–Crippen MR) is 307 cm³/mol. The van der Waals surface area contributed by atoms with Crippen LogP contribution in [-0.2, 0) is 66.7 Å². The highest BCUT2D eigenvalue weighted by Gasteiger charge is 2.70. The first-order chi connectivity index (χ1) is 38.3. The summed E-state index contributed by atoms with van der Waals surface area (Å²) >= 11 is 0. The molecule has 0 radical (unpaired) electrons. The summed E-state index contributed by atoms with van der Waals surface area (Å²) in [5, 5.41) is 3.79. The molecule has 6 aliphatic rings. The molecule has 6 aliphatic heterocycles. The lowest BCUT2D eigenvalue weighted by Gasteiger charge is -2.48. The van der Waals surface area contributed by atoms with E-state index in [-0.39, 0.29) is 110 Å². The van der Waals surface area contributed by atoms with Gasteiger partial charge in [-0.3, -0.25) is 48.5 Å². The number of ether oxygens (including phenoxy) is 7. The van der Waals surface area contributed by atoms with E-state index in [9.17, 15) is 33.6 Å². The van der Waals surface area contributed by atoms with Crippen LogP contribution in [-0.4, -0.2) is 116 Å². The number of nitrogens with one attached hydrogen (secondary N) is 1. The van der Waals surface area contributed by atoms with Crippen LogP contribution in [0, 0.1) is 39.4 Å². The average molecular weight is 1130 g/mol. The Morgan fingerprint density at radius 3 is 1.64 bits per heavy atom. The number of aliphatic imine (C=N–C) groups is 3. The van der Waals surface area contributed by atoms with Gasteiger partial charge in [-0.25, -0.2) is 0 Å². The number of allylic oxidation sites excluding steroid dienone is 4. The second kappa shape index (κ2) is 26.7. The number of carbonyl (C=O) groups excluding carboxylic acids is 7. The van der Waals surface area contributed by atoms with Gasteiger partial charge in [0.05, 0.1) is 81.6 Å². The third-order valence-corrected chi connectivity index (χ3v) is 18.5. The Hall–Kier alpha value is -5.68. The Balaban J connectivity index is 1.78. The van der Waals surface area contributed by atoms with Crippen LogP contribution in [0.4, 0.5) is 0 Å². The minimum Gasteiger partial charge on any atom is -0.466 e. The van der Waals surface area contributed by atoms with Crippen LogP contribution in [0.15, 0.2) is 49.3 Å². The Kier molecular flexibility index (Phi) is 21.3. The van der Waals surface area contributed by atoms with E-state index in [0.717, 1.165) is 0 Å². The average Bonchev–Trinajstić information content (AvgIpc) is 1.95. The third kappa shape index (κ3) is 12.8. The molecule has 2 fully saturated rings. The van der Waals surface area contributed by atoms with E-state index in [1.165, 1.54) is 0 Å². The zero-order valence-corrected chi connectivity index (χ0v) is 51.2. The number of carbonyl (C=O) groups is 7. The highest BCUT2D eigenvalue weighted by Crippen LogP contribution is 2.64. The van der Waals surface area contributed by atoms with E-state index < -0.39 is 92.4 Å². The summed E-state index contributed by atoms with van der Waals surface area (Å²) in [5.41, 5.74) is -2.23. The molecule has 6 rings (SSSR count). The van der Waals surface area contributed by atoms with Crippen molar-refractivity contribution in [3.63, 3.8) is 0 Å². The van der Waals surface area contributed by atoms with Gasteiger partial charge in [0.1, 0.15) is 0 Å². The van der Waals surface area contributed by atoms with Crippen LogP contribution >= 0.6 is 0 Å². The normalized spacial score (nSPS) is 31.3. The Morgan fingerprint density at radius 2 is 1.11 bits per heavy atom. The summed E-state index contributed by atoms with van der Waals surface area (Å²) in [6, 6.07) is -0.890. The summed E-state index contributed by atoms with van der Waals surface area (Å²) in [4.78, 5) is 115. The molecule has 450 valence electrons. The van der Waals surface area contributed by atoms with Crippen LogP contribution in [0.2, 0.25) is 0 Å². The van der Waals surface area contributed by atoms with Crippen molar-refractivity contribution in [1.29, 1.82) is 0 Å². The van der Waals surface area contributed by atoms with Gasteiger partial charge >= 0.3 is 41.8 Å². The molecule has 0 aromatic heterocycles. The van der Waals surface area contributed by atoms with Crippen molar-refractivity contribution in [3.8, 4) is 0 Å². The van der Waals surface area contributed by atoms with Crippen molar-refractivity contribution in [1.82, 2.24) is 5.32 Å². The lowest BCUT2D eigenvalue weighted by Crippen LogP contribution is -2.55. The lowest BCUT2D eigenvalue weighted by atomic mass is 9.55. The lowest BCUT2D eigenvalue weighted by molar-refractivity contribution is -0.152. The quantitative estimate of drug-likeness (QED) is 0.0567. The molecule has 9 atom stereocenters. The molecule has 0 aromatic carbocycles. The topological polar surface area (TPSA) is 233 Å². The maximum absolute atomic E-state index is 14.6. The van der Waals surface area contributed by atoms with Gasteiger partial charge in [-0.2, -0.15) is 0 Å². The number of rotatable bonds is 28. The van der Waals surface area contributed by atoms with Gasteiger partial charge < -0.3 is 38.5 Å². The zero-order chi connectivity index (χ0) is 59.7. The molecule has 0 aliphatic carbocycles. The summed E-state index contributed by atoms with van der Waals surface area (Å²) in [5.74, 6) is -4.82. The molecular formula is C63H94N4O14. The van der Waals surface area contributed by atoms with Crippen molar-refractivity contribution in [2.24, 2.45) is 54.4 Å². The van der Waals surface area contributed by atoms with E-state index in [0.29, 0.717) is 90.3 Å². The van der Waals surface area contributed by atoms with E-state index >= 15 is 0 Å². The van der Waals surface area contributed by atoms with Crippen molar-refractivity contribution >= 4 is 58.9 Å². The molecule has 2 saturated heterocycles. The van der Waals surface area contributed by atoms with Gasteiger partial charge in [0, 0.05) is 94.6 Å². The van der Waals surface area contributed by atoms with E-state index in [2.05, 4.69) is 19.2 Å². The van der Waals surface area contributed by atoms with E-state index in [1.807, 2.05) is 89.2 Å². The summed E-state index contributed by atoms with van der Waals surface area (Å²) in [6.07, 6.45) is 5.97. The SMILES string of the molecule is CCCOC(=O)CC[C@@H]1/C2=C(\C)C3=N[C@H]([C@H](CC(=O)OCCC)[C@@]3(C)CCC(=O)OCCC)[C@]3(C)N=C(C(C)=C4N/C(=C\C(=N2)C1(C)C)[C@]1(CCC(=O)OCCC)OC(=O)C[C@]41C)[C@@H](CCC(=O)OCCC)[C@]3(C)CC(=O)OCCC. The van der Waals surface area contributed by atoms with Crippen LogP contribution in [0.1, 0.15) is 206 Å². The molecule has 0 aromatic rings. The van der Waals surface area contributed by atoms with Crippen LogP contribution in [0.5, 0.6) is 0 Å². The van der Waals surface area contributed by atoms with Gasteiger partial charge in [0.2, 0.25) is 0 Å². The first-order valence-electron chi connectivity index (χ1n) is 30.2. The number of fused-ring (bicyclic) bond motifs is 9. The smallest absolute Gasteiger partial charge is 0.307 e. The minimum atomic E-state index is -1.45. The van der Waals surface area contributed by atoms with Gasteiger partial charge in [-0.15, -0.1) is 0 Å². The fourth-order valence-electron chi connectivity index (χ4n) is 13.8. The number of nitrogens with zero attached hydrogens (tertiary/aromatic N) is 3.